The number of hydroxylamine groups is 6. The van der Waals surface area contributed by atoms with E-state index in [0.717, 1.165) is 0 Å². The van der Waals surface area contributed by atoms with E-state index in [1.807, 2.05) is 111 Å². The third-order valence-corrected chi connectivity index (χ3v) is 13.1. The predicted molar refractivity (Wildman–Crippen MR) is 227 cm³/mol. The first kappa shape index (κ1) is 48.8. The number of nitrogens with zero attached hydrogens (tertiary/aromatic N) is 3. The first-order valence-electron chi connectivity index (χ1n) is 21.8. The summed E-state index contributed by atoms with van der Waals surface area (Å²) in [5.41, 5.74) is -6.58. The lowest BCUT2D eigenvalue weighted by Crippen LogP contribution is -2.60. The molecular weight excluding hydrogens is 785 g/mol. The largest absolute Gasteiger partial charge is 0.459 e. The fourth-order valence-electron chi connectivity index (χ4n) is 11.2. The summed E-state index contributed by atoms with van der Waals surface area (Å²) < 4.78 is 24.6. The van der Waals surface area contributed by atoms with Crippen molar-refractivity contribution in [2.75, 3.05) is 0 Å². The van der Waals surface area contributed by atoms with Gasteiger partial charge in [-0.1, -0.05) is 0 Å². The fourth-order valence-corrected chi connectivity index (χ4v) is 11.2. The monoisotopic (exact) mass is 859 g/mol. The minimum absolute atomic E-state index is 0.264. The highest BCUT2D eigenvalue weighted by Gasteiger charge is 2.50. The van der Waals surface area contributed by atoms with Crippen LogP contribution in [0.3, 0.4) is 0 Å². The number of ether oxygens (including phenoxy) is 4. The summed E-state index contributed by atoms with van der Waals surface area (Å²) in [6.45, 7) is 30.1. The van der Waals surface area contributed by atoms with E-state index in [4.69, 9.17) is 18.9 Å². The minimum Gasteiger partial charge on any atom is -0.459 e. The Kier molecular flexibility index (Phi) is 12.9. The van der Waals surface area contributed by atoms with Gasteiger partial charge >= 0.3 is 23.9 Å². The molecule has 4 aliphatic heterocycles. The van der Waals surface area contributed by atoms with E-state index in [2.05, 4.69) is 5.32 Å². The predicted octanol–water partition coefficient (Wildman–Crippen LogP) is 7.86. The molecule has 4 heterocycles. The van der Waals surface area contributed by atoms with E-state index >= 15 is 0 Å². The molecule has 0 atom stereocenters. The lowest BCUT2D eigenvalue weighted by Gasteiger charge is -2.51. The van der Waals surface area contributed by atoms with Gasteiger partial charge in [0.2, 0.25) is 0 Å². The second-order valence-corrected chi connectivity index (χ2v) is 23.4. The molecule has 5 rings (SSSR count). The van der Waals surface area contributed by atoms with Crippen LogP contribution in [0.1, 0.15) is 204 Å². The molecule has 15 nitrogen and oxygen atoms in total. The topological polar surface area (TPSA) is 188 Å². The standard InChI is InChI=1S/C46H74N4O11/c1-39(2)19-27(20-40(3,4)47-39)58-35(51)31-17-33(37(53)60-29-23-43(9,10)49(56)44(11,12)24-29)34(38(54)61-30-25-45(13,14)50(57)46(15,16)26-30)18-32(31)36(52)59-28-21-41(5,6)48(55)42(7,8)22-28/h17-18,27-30,47,55-57H,19-26H2,1-16H3. The van der Waals surface area contributed by atoms with Gasteiger partial charge in [0.25, 0.3) is 0 Å². The third kappa shape index (κ3) is 10.6. The van der Waals surface area contributed by atoms with Gasteiger partial charge < -0.3 is 39.9 Å². The van der Waals surface area contributed by atoms with Gasteiger partial charge in [0.15, 0.2) is 0 Å². The van der Waals surface area contributed by atoms with Crippen molar-refractivity contribution in [2.24, 2.45) is 0 Å². The molecule has 344 valence electrons. The Morgan fingerprint density at radius 3 is 0.787 bits per heavy atom. The molecule has 0 bridgehead atoms. The lowest BCUT2D eigenvalue weighted by molar-refractivity contribution is -0.257. The van der Waals surface area contributed by atoms with Crippen LogP contribution in [0.2, 0.25) is 0 Å². The third-order valence-electron chi connectivity index (χ3n) is 13.1. The lowest BCUT2D eigenvalue weighted by atomic mass is 9.80. The Balaban J connectivity index is 1.62. The van der Waals surface area contributed by atoms with Crippen molar-refractivity contribution in [1.82, 2.24) is 20.5 Å². The molecule has 4 N–H and O–H groups in total. The van der Waals surface area contributed by atoms with Gasteiger partial charge in [-0.25, -0.2) is 19.2 Å². The van der Waals surface area contributed by atoms with Gasteiger partial charge in [0.1, 0.15) is 24.4 Å². The molecule has 1 aromatic carbocycles. The summed E-state index contributed by atoms with van der Waals surface area (Å²) in [5.74, 6) is -3.63. The molecule has 1 aromatic rings. The van der Waals surface area contributed by atoms with Crippen LogP contribution in [0.25, 0.3) is 0 Å². The van der Waals surface area contributed by atoms with Crippen LogP contribution in [0.4, 0.5) is 0 Å². The second kappa shape index (κ2) is 16.1. The summed E-state index contributed by atoms with van der Waals surface area (Å²) in [6.07, 6.45) is -0.0904. The van der Waals surface area contributed by atoms with Gasteiger partial charge in [0.05, 0.1) is 22.3 Å². The zero-order chi connectivity index (χ0) is 46.3. The number of esters is 4. The second-order valence-electron chi connectivity index (χ2n) is 23.4. The molecular formula is C46H74N4O11. The SMILES string of the molecule is CC1(C)CC(OC(=O)c2cc(C(=O)OC3CC(C)(C)N(O)C(C)(C)C3)c(C(=O)OC3CC(C)(C)N(O)C(C)(C)C3)cc2C(=O)OC2CC(C)(C)N(O)C(C)(C)C2)CC(C)(C)N1. The van der Waals surface area contributed by atoms with Gasteiger partial charge in [-0.05, 0) is 123 Å². The number of carbonyl (C=O) groups excluding carboxylic acids is 4. The molecule has 0 aliphatic carbocycles. The van der Waals surface area contributed by atoms with Crippen molar-refractivity contribution in [3.63, 3.8) is 0 Å². The van der Waals surface area contributed by atoms with E-state index in [-0.39, 0.29) is 71.9 Å². The van der Waals surface area contributed by atoms with Crippen LogP contribution in [-0.4, -0.2) is 123 Å². The molecule has 15 heteroatoms. The van der Waals surface area contributed by atoms with Gasteiger partial charge in [0, 0.05) is 95.7 Å². The van der Waals surface area contributed by atoms with E-state index in [1.54, 1.807) is 0 Å². The first-order valence-corrected chi connectivity index (χ1v) is 21.8. The van der Waals surface area contributed by atoms with E-state index in [0.29, 0.717) is 12.8 Å². The van der Waals surface area contributed by atoms with Crippen LogP contribution < -0.4 is 5.32 Å². The Bertz CT molecular complexity index is 1810. The molecule has 0 amide bonds. The molecule has 4 saturated heterocycles. The van der Waals surface area contributed by atoms with Crippen molar-refractivity contribution >= 4 is 23.9 Å². The maximum Gasteiger partial charge on any atom is 0.339 e. The van der Waals surface area contributed by atoms with Crippen LogP contribution in [0, 0.1) is 0 Å². The molecule has 4 aliphatic rings. The van der Waals surface area contributed by atoms with Gasteiger partial charge in [-0.3, -0.25) is 0 Å². The number of rotatable bonds is 8. The Hall–Kier alpha value is -3.18. The zero-order valence-electron chi connectivity index (χ0n) is 39.6. The van der Waals surface area contributed by atoms with Crippen LogP contribution in [0.15, 0.2) is 12.1 Å². The molecule has 4 fully saturated rings. The number of hydrogen-bond acceptors (Lipinski definition) is 15. The van der Waals surface area contributed by atoms with Crippen LogP contribution in [-0.2, 0) is 18.9 Å². The average molecular weight is 859 g/mol. The quantitative estimate of drug-likeness (QED) is 0.146. The van der Waals surface area contributed by atoms with Crippen LogP contribution in [0.5, 0.6) is 0 Å². The Labute approximate surface area is 362 Å². The fraction of sp³-hybridized carbons (Fsp3) is 0.783. The molecule has 0 spiro atoms. The zero-order valence-corrected chi connectivity index (χ0v) is 39.6. The minimum atomic E-state index is -0.924. The summed E-state index contributed by atoms with van der Waals surface area (Å²) in [6, 6.07) is 2.36. The van der Waals surface area contributed by atoms with Crippen molar-refractivity contribution in [3.8, 4) is 0 Å². The van der Waals surface area contributed by atoms with E-state index in [9.17, 15) is 34.8 Å². The summed E-state index contributed by atoms with van der Waals surface area (Å²) in [5, 5.41) is 40.2. The van der Waals surface area contributed by atoms with Crippen molar-refractivity contribution < 1.29 is 53.7 Å². The number of piperidine rings is 4. The maximum atomic E-state index is 14.5. The van der Waals surface area contributed by atoms with E-state index < -0.39 is 81.5 Å². The number of nitrogens with one attached hydrogen (secondary N) is 1. The Morgan fingerprint density at radius 2 is 0.590 bits per heavy atom. The van der Waals surface area contributed by atoms with Crippen molar-refractivity contribution in [1.29, 1.82) is 0 Å². The maximum absolute atomic E-state index is 14.5. The highest BCUT2D eigenvalue weighted by Crippen LogP contribution is 2.42. The smallest absolute Gasteiger partial charge is 0.339 e. The van der Waals surface area contributed by atoms with Crippen molar-refractivity contribution in [3.05, 3.63) is 34.4 Å². The normalized spacial score (nSPS) is 26.5. The Morgan fingerprint density at radius 1 is 0.410 bits per heavy atom. The average Bonchev–Trinajstić information content (AvgIpc) is 3.05. The summed E-state index contributed by atoms with van der Waals surface area (Å²) in [7, 11) is 0. The number of benzene rings is 1. The van der Waals surface area contributed by atoms with Gasteiger partial charge in [-0.15, -0.1) is 0 Å². The number of hydrogen-bond donors (Lipinski definition) is 4. The van der Waals surface area contributed by atoms with E-state index in [1.165, 1.54) is 27.3 Å². The first-order chi connectivity index (χ1) is 27.5. The van der Waals surface area contributed by atoms with Gasteiger partial charge in [-0.2, -0.15) is 15.2 Å². The molecule has 0 unspecified atom stereocenters. The van der Waals surface area contributed by atoms with Crippen molar-refractivity contribution in [2.45, 2.75) is 231 Å². The van der Waals surface area contributed by atoms with Crippen LogP contribution >= 0.6 is 0 Å². The molecule has 61 heavy (non-hydrogen) atoms. The molecule has 0 aromatic heterocycles. The molecule has 0 radical (unpaired) electrons. The summed E-state index contributed by atoms with van der Waals surface area (Å²) in [4.78, 5) is 58.1. The summed E-state index contributed by atoms with van der Waals surface area (Å²) >= 11 is 0. The highest BCUT2D eigenvalue weighted by molar-refractivity contribution is 6.10. The molecule has 0 saturated carbocycles. The highest BCUT2D eigenvalue weighted by atomic mass is 16.6. The number of carbonyl (C=O) groups is 4.